The second-order valence-corrected chi connectivity index (χ2v) is 5.02. The average molecular weight is 273 g/mol. The molecule has 4 nitrogen and oxygen atoms in total. The first-order valence-electron chi connectivity index (χ1n) is 6.99. The molecule has 4 heteroatoms. The summed E-state index contributed by atoms with van der Waals surface area (Å²) in [6, 6.07) is 7.06. The summed E-state index contributed by atoms with van der Waals surface area (Å²) < 4.78 is 4.44. The third kappa shape index (κ3) is 3.26. The highest BCUT2D eigenvalue weighted by Gasteiger charge is 2.12. The fraction of sp³-hybridized carbons (Fsp3) is 0.375. The molecule has 2 aromatic rings. The van der Waals surface area contributed by atoms with E-state index in [-0.39, 0.29) is 0 Å². The Morgan fingerprint density at radius 2 is 2.00 bits per heavy atom. The number of benzene rings is 1. The lowest BCUT2D eigenvalue weighted by atomic mass is 10.1. The summed E-state index contributed by atoms with van der Waals surface area (Å²) in [7, 11) is 0. The maximum atomic E-state index is 10.8. The number of nitrogens with zero attached hydrogens (tertiary/aromatic N) is 2. The molecular formula is C16H21N2O2+. The summed E-state index contributed by atoms with van der Waals surface area (Å²) in [4.78, 5) is 10.8. The number of hydrogen-bond acceptors (Lipinski definition) is 1. The van der Waals surface area contributed by atoms with Crippen LogP contribution in [0, 0.1) is 6.92 Å². The Kier molecular flexibility index (Phi) is 4.56. The third-order valence-electron chi connectivity index (χ3n) is 3.56. The van der Waals surface area contributed by atoms with Crippen LogP contribution in [0.15, 0.2) is 36.7 Å². The minimum Gasteiger partial charge on any atom is -0.478 e. The van der Waals surface area contributed by atoms with Crippen LogP contribution in [0.4, 0.5) is 0 Å². The molecule has 2 rings (SSSR count). The summed E-state index contributed by atoms with van der Waals surface area (Å²) in [5.74, 6) is 0.340. The third-order valence-corrected chi connectivity index (χ3v) is 3.56. The van der Waals surface area contributed by atoms with Crippen molar-refractivity contribution in [1.82, 2.24) is 4.57 Å². The zero-order chi connectivity index (χ0) is 14.5. The number of imidazole rings is 1. The van der Waals surface area contributed by atoms with E-state index < -0.39 is 5.97 Å². The predicted octanol–water partition coefficient (Wildman–Crippen LogP) is 2.63. The van der Waals surface area contributed by atoms with Gasteiger partial charge >= 0.3 is 5.97 Å². The molecule has 0 aliphatic carbocycles. The van der Waals surface area contributed by atoms with Crippen LogP contribution >= 0.6 is 0 Å². The van der Waals surface area contributed by atoms with E-state index in [0.717, 1.165) is 18.7 Å². The summed E-state index contributed by atoms with van der Waals surface area (Å²) in [6.07, 6.45) is 6.56. The number of aromatic carboxylic acids is 1. The summed E-state index contributed by atoms with van der Waals surface area (Å²) >= 11 is 0. The number of carboxylic acids is 1. The Bertz CT molecular complexity index is 585. The molecule has 0 spiro atoms. The molecule has 0 saturated heterocycles. The van der Waals surface area contributed by atoms with Crippen LogP contribution in [0.3, 0.4) is 0 Å². The van der Waals surface area contributed by atoms with E-state index in [2.05, 4.69) is 35.4 Å². The van der Waals surface area contributed by atoms with Gasteiger partial charge in [-0.15, -0.1) is 0 Å². The number of aryl methyl sites for hydroxylation is 1. The predicted molar refractivity (Wildman–Crippen MR) is 76.8 cm³/mol. The van der Waals surface area contributed by atoms with E-state index in [1.165, 1.54) is 18.7 Å². The maximum Gasteiger partial charge on any atom is 0.335 e. The second-order valence-electron chi connectivity index (χ2n) is 5.02. The van der Waals surface area contributed by atoms with Crippen molar-refractivity contribution >= 4 is 5.97 Å². The summed E-state index contributed by atoms with van der Waals surface area (Å²) in [5.41, 5.74) is 1.44. The van der Waals surface area contributed by atoms with E-state index in [0.29, 0.717) is 5.56 Å². The van der Waals surface area contributed by atoms with Crippen LogP contribution in [-0.4, -0.2) is 15.6 Å². The van der Waals surface area contributed by atoms with Crippen molar-refractivity contribution in [2.24, 2.45) is 0 Å². The lowest BCUT2D eigenvalue weighted by Gasteiger charge is -2.02. The highest BCUT2D eigenvalue weighted by molar-refractivity contribution is 5.87. The van der Waals surface area contributed by atoms with Crippen molar-refractivity contribution in [3.05, 3.63) is 53.6 Å². The lowest BCUT2D eigenvalue weighted by molar-refractivity contribution is -0.694. The largest absolute Gasteiger partial charge is 0.478 e. The van der Waals surface area contributed by atoms with Gasteiger partial charge in [0.25, 0.3) is 5.82 Å². The molecule has 1 aromatic heterocycles. The van der Waals surface area contributed by atoms with E-state index in [9.17, 15) is 4.79 Å². The van der Waals surface area contributed by atoms with Crippen LogP contribution in [0.2, 0.25) is 0 Å². The topological polar surface area (TPSA) is 46.1 Å². The van der Waals surface area contributed by atoms with Gasteiger partial charge < -0.3 is 5.11 Å². The van der Waals surface area contributed by atoms with Crippen molar-refractivity contribution in [3.63, 3.8) is 0 Å². The zero-order valence-electron chi connectivity index (χ0n) is 12.0. The first kappa shape index (κ1) is 14.3. The van der Waals surface area contributed by atoms with Gasteiger partial charge in [0, 0.05) is 6.92 Å². The highest BCUT2D eigenvalue weighted by Crippen LogP contribution is 2.05. The van der Waals surface area contributed by atoms with E-state index >= 15 is 0 Å². The number of aromatic nitrogens is 2. The number of hydrogen-bond donors (Lipinski definition) is 1. The molecule has 1 N–H and O–H groups in total. The normalized spacial score (nSPS) is 10.7. The minimum atomic E-state index is -0.883. The smallest absolute Gasteiger partial charge is 0.335 e. The highest BCUT2D eigenvalue weighted by atomic mass is 16.4. The van der Waals surface area contributed by atoms with Crippen molar-refractivity contribution in [3.8, 4) is 0 Å². The quantitative estimate of drug-likeness (QED) is 0.822. The fourth-order valence-corrected chi connectivity index (χ4v) is 2.22. The Balaban J connectivity index is 2.09. The maximum absolute atomic E-state index is 10.8. The Labute approximate surface area is 119 Å². The first-order chi connectivity index (χ1) is 9.61. The van der Waals surface area contributed by atoms with Crippen LogP contribution in [-0.2, 0) is 13.1 Å². The van der Waals surface area contributed by atoms with Gasteiger partial charge in [0.15, 0.2) is 0 Å². The van der Waals surface area contributed by atoms with Gasteiger partial charge in [0.2, 0.25) is 0 Å². The lowest BCUT2D eigenvalue weighted by Crippen LogP contribution is -2.36. The molecular weight excluding hydrogens is 252 g/mol. The Hall–Kier alpha value is -2.10. The molecule has 0 bridgehead atoms. The van der Waals surface area contributed by atoms with E-state index in [1.807, 2.05) is 12.1 Å². The van der Waals surface area contributed by atoms with E-state index in [1.54, 1.807) is 12.1 Å². The molecule has 0 amide bonds. The van der Waals surface area contributed by atoms with Crippen molar-refractivity contribution in [1.29, 1.82) is 0 Å². The van der Waals surface area contributed by atoms with Gasteiger partial charge in [-0.05, 0) is 24.1 Å². The molecule has 1 aromatic carbocycles. The fourth-order valence-electron chi connectivity index (χ4n) is 2.22. The van der Waals surface area contributed by atoms with Gasteiger partial charge in [0.1, 0.15) is 18.9 Å². The van der Waals surface area contributed by atoms with Gasteiger partial charge in [-0.3, -0.25) is 0 Å². The molecule has 0 aliphatic rings. The molecule has 1 heterocycles. The molecule has 0 atom stereocenters. The Morgan fingerprint density at radius 3 is 2.60 bits per heavy atom. The van der Waals surface area contributed by atoms with Crippen LogP contribution < -0.4 is 4.57 Å². The molecule has 0 saturated carbocycles. The van der Waals surface area contributed by atoms with Gasteiger partial charge in [-0.2, -0.15) is 0 Å². The molecule has 0 unspecified atom stereocenters. The number of carboxylic acid groups (broad SMARTS) is 1. The Morgan fingerprint density at radius 1 is 1.30 bits per heavy atom. The molecule has 106 valence electrons. The van der Waals surface area contributed by atoms with Crippen molar-refractivity contribution in [2.75, 3.05) is 0 Å². The SMILES string of the molecule is CCCCn1cc[n+](Cc2ccc(C(=O)O)cc2)c1C. The first-order valence-corrected chi connectivity index (χ1v) is 6.99. The van der Waals surface area contributed by atoms with Crippen LogP contribution in [0.5, 0.6) is 0 Å². The molecule has 0 aliphatic heterocycles. The van der Waals surface area contributed by atoms with Crippen molar-refractivity contribution < 1.29 is 14.5 Å². The second kappa shape index (κ2) is 6.37. The molecule has 20 heavy (non-hydrogen) atoms. The van der Waals surface area contributed by atoms with Crippen LogP contribution in [0.25, 0.3) is 0 Å². The molecule has 0 radical (unpaired) electrons. The number of rotatable bonds is 6. The summed E-state index contributed by atoms with van der Waals surface area (Å²) in [5, 5.41) is 8.89. The number of unbranched alkanes of at least 4 members (excludes halogenated alkanes) is 1. The van der Waals surface area contributed by atoms with Gasteiger partial charge in [-0.1, -0.05) is 25.5 Å². The van der Waals surface area contributed by atoms with Gasteiger partial charge in [-0.25, -0.2) is 13.9 Å². The number of carbonyl (C=O) groups is 1. The monoisotopic (exact) mass is 273 g/mol. The standard InChI is InChI=1S/C16H20N2O2/c1-3-4-9-17-10-11-18(13(17)2)12-14-5-7-15(8-6-14)16(19)20/h5-8,10-11H,3-4,9,12H2,1-2H3/p+1. The molecule has 0 fully saturated rings. The summed E-state index contributed by atoms with van der Waals surface area (Å²) in [6.45, 7) is 6.12. The van der Waals surface area contributed by atoms with E-state index in [4.69, 9.17) is 5.11 Å². The van der Waals surface area contributed by atoms with Crippen LogP contribution in [0.1, 0.15) is 41.5 Å². The zero-order valence-corrected chi connectivity index (χ0v) is 12.0. The average Bonchev–Trinajstić information content (AvgIpc) is 2.78. The van der Waals surface area contributed by atoms with Gasteiger partial charge in [0.05, 0.1) is 12.1 Å². The minimum absolute atomic E-state index is 0.330. The van der Waals surface area contributed by atoms with Crippen molar-refractivity contribution in [2.45, 2.75) is 39.8 Å².